The number of nitrogens with two attached hydrogens (primary N) is 1. The summed E-state index contributed by atoms with van der Waals surface area (Å²) in [6.07, 6.45) is 0.965. The topological polar surface area (TPSA) is 124 Å². The van der Waals surface area contributed by atoms with Crippen LogP contribution in [0.5, 0.6) is 5.88 Å². The standard InChI is InChI=1S/C6H6N4O3S/c7-5(14)8-1-2-3(11)9-6(13)10-4(2)12/h1H,(H2,7,14)(H3,9,10,11,12,13). The summed E-state index contributed by atoms with van der Waals surface area (Å²) in [5, 5.41) is 8.95. The first-order valence-electron chi connectivity index (χ1n) is 3.40. The van der Waals surface area contributed by atoms with Crippen LogP contribution in [0.3, 0.4) is 0 Å². The summed E-state index contributed by atoms with van der Waals surface area (Å²) in [7, 11) is 0. The van der Waals surface area contributed by atoms with E-state index in [0.29, 0.717) is 0 Å². The number of H-pyrrole nitrogens is 2. The summed E-state index contributed by atoms with van der Waals surface area (Å²) < 4.78 is 0. The van der Waals surface area contributed by atoms with E-state index in [-0.39, 0.29) is 10.7 Å². The van der Waals surface area contributed by atoms with Crippen LogP contribution in [0, 0.1) is 0 Å². The van der Waals surface area contributed by atoms with Gasteiger partial charge in [-0.2, -0.15) is 0 Å². The predicted octanol–water partition coefficient (Wildman–Crippen LogP) is -1.57. The number of thiocarbonyl (C=S) groups is 1. The number of hydrogen-bond donors (Lipinski definition) is 4. The predicted molar refractivity (Wildman–Crippen MR) is 53.7 cm³/mol. The Labute approximate surface area is 82.3 Å². The van der Waals surface area contributed by atoms with E-state index in [4.69, 9.17) is 10.8 Å². The molecule has 8 heteroatoms. The molecule has 1 aromatic rings. The third-order valence-electron chi connectivity index (χ3n) is 1.28. The van der Waals surface area contributed by atoms with Crippen LogP contribution in [0.4, 0.5) is 0 Å². The molecule has 0 bridgehead atoms. The lowest BCUT2D eigenvalue weighted by Gasteiger charge is -1.94. The van der Waals surface area contributed by atoms with Gasteiger partial charge in [0.15, 0.2) is 5.11 Å². The number of nitrogens with zero attached hydrogens (tertiary/aromatic N) is 1. The van der Waals surface area contributed by atoms with Gasteiger partial charge in [0.1, 0.15) is 5.56 Å². The highest BCUT2D eigenvalue weighted by Crippen LogP contribution is 2.00. The van der Waals surface area contributed by atoms with Crippen molar-refractivity contribution in [3.63, 3.8) is 0 Å². The highest BCUT2D eigenvalue weighted by molar-refractivity contribution is 7.80. The van der Waals surface area contributed by atoms with Crippen LogP contribution >= 0.6 is 12.2 Å². The zero-order chi connectivity index (χ0) is 10.7. The number of nitrogens with one attached hydrogen (secondary N) is 2. The smallest absolute Gasteiger partial charge is 0.328 e. The fourth-order valence-electron chi connectivity index (χ4n) is 0.732. The van der Waals surface area contributed by atoms with E-state index in [1.807, 2.05) is 9.97 Å². The first-order chi connectivity index (χ1) is 6.50. The Morgan fingerprint density at radius 2 is 2.14 bits per heavy atom. The molecule has 0 saturated carbocycles. The van der Waals surface area contributed by atoms with Gasteiger partial charge in [-0.15, -0.1) is 0 Å². The molecule has 0 spiro atoms. The largest absolute Gasteiger partial charge is 0.494 e. The van der Waals surface area contributed by atoms with Gasteiger partial charge in [0.2, 0.25) is 5.88 Å². The molecule has 1 heterocycles. The van der Waals surface area contributed by atoms with E-state index < -0.39 is 17.1 Å². The molecule has 0 fully saturated rings. The number of aromatic hydroxyl groups is 1. The van der Waals surface area contributed by atoms with Crippen LogP contribution in [0.25, 0.3) is 0 Å². The Hall–Kier alpha value is -1.96. The van der Waals surface area contributed by atoms with Crippen LogP contribution in [-0.2, 0) is 0 Å². The molecular formula is C6H6N4O3S. The Kier molecular flexibility index (Phi) is 2.77. The lowest BCUT2D eigenvalue weighted by molar-refractivity contribution is 0.447. The van der Waals surface area contributed by atoms with Crippen LogP contribution in [-0.4, -0.2) is 26.4 Å². The summed E-state index contributed by atoms with van der Waals surface area (Å²) in [5.41, 5.74) is 3.25. The van der Waals surface area contributed by atoms with Crippen LogP contribution in [0.2, 0.25) is 0 Å². The first-order valence-corrected chi connectivity index (χ1v) is 3.80. The molecule has 0 unspecified atom stereocenters. The van der Waals surface area contributed by atoms with E-state index in [0.717, 1.165) is 6.21 Å². The average Bonchev–Trinajstić information content (AvgIpc) is 2.01. The monoisotopic (exact) mass is 214 g/mol. The third-order valence-corrected chi connectivity index (χ3v) is 1.39. The van der Waals surface area contributed by atoms with E-state index in [1.54, 1.807) is 0 Å². The van der Waals surface area contributed by atoms with Crippen molar-refractivity contribution in [2.45, 2.75) is 0 Å². The Morgan fingerprint density at radius 3 is 2.64 bits per heavy atom. The fourth-order valence-corrected chi connectivity index (χ4v) is 0.785. The molecule has 1 aromatic heterocycles. The molecule has 0 saturated heterocycles. The molecule has 0 amide bonds. The summed E-state index contributed by atoms with van der Waals surface area (Å²) in [4.78, 5) is 29.0. The summed E-state index contributed by atoms with van der Waals surface area (Å²) in [6.45, 7) is 0. The third kappa shape index (κ3) is 2.26. The molecule has 5 N–H and O–H groups in total. The molecule has 0 aliphatic carbocycles. The maximum Gasteiger partial charge on any atom is 0.328 e. The van der Waals surface area contributed by atoms with Gasteiger partial charge in [0, 0.05) is 6.21 Å². The van der Waals surface area contributed by atoms with Gasteiger partial charge in [0.25, 0.3) is 5.56 Å². The summed E-state index contributed by atoms with van der Waals surface area (Å²) >= 11 is 4.42. The second kappa shape index (κ2) is 3.83. The highest BCUT2D eigenvalue weighted by atomic mass is 32.1. The number of hydrogen-bond acceptors (Lipinski definition) is 4. The molecule has 1 rings (SSSR count). The number of aromatic nitrogens is 2. The molecule has 74 valence electrons. The highest BCUT2D eigenvalue weighted by Gasteiger charge is 2.04. The van der Waals surface area contributed by atoms with Crippen molar-refractivity contribution in [3.05, 3.63) is 26.4 Å². The average molecular weight is 214 g/mol. The van der Waals surface area contributed by atoms with Gasteiger partial charge in [-0.25, -0.2) is 9.79 Å². The van der Waals surface area contributed by atoms with Crippen molar-refractivity contribution in [2.24, 2.45) is 10.7 Å². The zero-order valence-corrected chi connectivity index (χ0v) is 7.59. The van der Waals surface area contributed by atoms with Crippen molar-refractivity contribution in [1.82, 2.24) is 9.97 Å². The van der Waals surface area contributed by atoms with Crippen molar-refractivity contribution in [2.75, 3.05) is 0 Å². The quantitative estimate of drug-likeness (QED) is 0.332. The van der Waals surface area contributed by atoms with E-state index in [2.05, 4.69) is 17.2 Å². The second-order valence-electron chi connectivity index (χ2n) is 2.27. The SMILES string of the molecule is NC(=S)N=Cc1c(O)[nH]c(=O)[nH]c1=O. The maximum absolute atomic E-state index is 11.1. The Bertz CT molecular complexity index is 501. The number of aromatic amines is 2. The van der Waals surface area contributed by atoms with E-state index >= 15 is 0 Å². The minimum atomic E-state index is -0.806. The van der Waals surface area contributed by atoms with Gasteiger partial charge >= 0.3 is 5.69 Å². The molecule has 0 aromatic carbocycles. The molecule has 0 aliphatic heterocycles. The van der Waals surface area contributed by atoms with E-state index in [9.17, 15) is 9.59 Å². The Morgan fingerprint density at radius 1 is 1.50 bits per heavy atom. The van der Waals surface area contributed by atoms with Crippen molar-refractivity contribution in [3.8, 4) is 5.88 Å². The summed E-state index contributed by atoms with van der Waals surface area (Å²) in [5.74, 6) is -0.584. The maximum atomic E-state index is 11.1. The summed E-state index contributed by atoms with van der Waals surface area (Å²) in [6, 6.07) is 0. The lowest BCUT2D eigenvalue weighted by Crippen LogP contribution is -2.25. The normalized spacial score (nSPS) is 10.6. The van der Waals surface area contributed by atoms with Gasteiger partial charge in [-0.3, -0.25) is 14.8 Å². The fraction of sp³-hybridized carbons (Fsp3) is 0. The first kappa shape index (κ1) is 10.1. The molecule has 0 aliphatic rings. The van der Waals surface area contributed by atoms with E-state index in [1.165, 1.54) is 0 Å². The zero-order valence-electron chi connectivity index (χ0n) is 6.77. The number of aliphatic imine (C=N–C) groups is 1. The Balaban J connectivity index is 3.29. The number of rotatable bonds is 1. The minimum Gasteiger partial charge on any atom is -0.494 e. The molecule has 14 heavy (non-hydrogen) atoms. The molecule has 0 atom stereocenters. The molecule has 7 nitrogen and oxygen atoms in total. The van der Waals surface area contributed by atoms with Crippen LogP contribution < -0.4 is 17.0 Å². The molecule has 0 radical (unpaired) electrons. The lowest BCUT2D eigenvalue weighted by atomic mass is 10.3. The van der Waals surface area contributed by atoms with Crippen molar-refractivity contribution in [1.29, 1.82) is 0 Å². The van der Waals surface area contributed by atoms with Gasteiger partial charge in [-0.1, -0.05) is 0 Å². The van der Waals surface area contributed by atoms with Gasteiger partial charge in [0.05, 0.1) is 0 Å². The second-order valence-corrected chi connectivity index (χ2v) is 2.69. The van der Waals surface area contributed by atoms with Gasteiger partial charge in [-0.05, 0) is 12.2 Å². The van der Waals surface area contributed by atoms with Crippen molar-refractivity contribution >= 4 is 23.5 Å². The minimum absolute atomic E-state index is 0.185. The molecular weight excluding hydrogens is 208 g/mol. The van der Waals surface area contributed by atoms with Crippen LogP contribution in [0.1, 0.15) is 5.56 Å². The van der Waals surface area contributed by atoms with Crippen molar-refractivity contribution < 1.29 is 5.11 Å². The van der Waals surface area contributed by atoms with Crippen LogP contribution in [0.15, 0.2) is 14.6 Å². The van der Waals surface area contributed by atoms with Gasteiger partial charge < -0.3 is 10.8 Å².